The Morgan fingerprint density at radius 2 is 2.00 bits per heavy atom. The Bertz CT molecular complexity index is 340. The number of hydrogen-bond acceptors (Lipinski definition) is 3. The Morgan fingerprint density at radius 3 is 2.55 bits per heavy atom. The maximum atomic E-state index is 10.8. The van der Waals surface area contributed by atoms with Crippen LogP contribution in [0.15, 0.2) is 13.7 Å². The van der Waals surface area contributed by atoms with E-state index in [2.05, 4.69) is 15.9 Å². The molecule has 0 fully saturated rings. The summed E-state index contributed by atoms with van der Waals surface area (Å²) < 4.78 is 4.84. The number of aromatic hydroxyl groups is 1. The molecule has 0 aliphatic rings. The lowest BCUT2D eigenvalue weighted by Gasteiger charge is -2.01. The van der Waals surface area contributed by atoms with Crippen LogP contribution in [0.5, 0.6) is 5.75 Å². The summed E-state index contributed by atoms with van der Waals surface area (Å²) in [4.78, 5) is 10.8. The van der Waals surface area contributed by atoms with Crippen molar-refractivity contribution in [1.82, 2.24) is 0 Å². The van der Waals surface area contributed by atoms with Crippen molar-refractivity contribution in [3.63, 3.8) is 0 Å². The summed E-state index contributed by atoms with van der Waals surface area (Å²) >= 11 is 2.91. The number of hydrogen-bond donors (Lipinski definition) is 1. The van der Waals surface area contributed by atoms with Crippen molar-refractivity contribution in [2.75, 3.05) is 0 Å². The molecule has 0 aliphatic heterocycles. The molecule has 0 unspecified atom stereocenters. The average molecular weight is 219 g/mol. The van der Waals surface area contributed by atoms with Gasteiger partial charge in [-0.1, -0.05) is 0 Å². The summed E-state index contributed by atoms with van der Waals surface area (Å²) in [5.74, 6) is 0.398. The minimum atomic E-state index is -0.550. The van der Waals surface area contributed by atoms with Crippen LogP contribution in [0.25, 0.3) is 0 Å². The zero-order chi connectivity index (χ0) is 8.59. The van der Waals surface area contributed by atoms with Crippen molar-refractivity contribution >= 4 is 15.9 Å². The van der Waals surface area contributed by atoms with Crippen molar-refractivity contribution in [1.29, 1.82) is 0 Å². The summed E-state index contributed by atoms with van der Waals surface area (Å²) in [5.41, 5.74) is 0.0297. The van der Waals surface area contributed by atoms with Gasteiger partial charge in [-0.05, 0) is 29.8 Å². The molecule has 0 aromatic carbocycles. The third-order valence-corrected chi connectivity index (χ3v) is 2.22. The van der Waals surface area contributed by atoms with Gasteiger partial charge in [0, 0.05) is 5.56 Å². The van der Waals surface area contributed by atoms with Gasteiger partial charge in [-0.3, -0.25) is 0 Å². The Labute approximate surface area is 71.8 Å². The van der Waals surface area contributed by atoms with Gasteiger partial charge in [-0.25, -0.2) is 4.79 Å². The number of aryl methyl sites for hydroxylation is 1. The lowest BCUT2D eigenvalue weighted by atomic mass is 10.2. The molecule has 0 aliphatic carbocycles. The van der Waals surface area contributed by atoms with Gasteiger partial charge in [0.25, 0.3) is 0 Å². The molecule has 0 atom stereocenters. The molecule has 0 spiro atoms. The van der Waals surface area contributed by atoms with E-state index in [0.29, 0.717) is 11.3 Å². The molecule has 1 aromatic heterocycles. The Kier molecular flexibility index (Phi) is 2.04. The normalized spacial score (nSPS) is 10.1. The molecule has 1 heterocycles. The molecular weight excluding hydrogens is 212 g/mol. The highest BCUT2D eigenvalue weighted by Gasteiger charge is 2.10. The van der Waals surface area contributed by atoms with Crippen LogP contribution in [0.2, 0.25) is 0 Å². The SMILES string of the molecule is Cc1oc(=O)c(Br)c(O)c1C. The van der Waals surface area contributed by atoms with Gasteiger partial charge in [0.2, 0.25) is 0 Å². The van der Waals surface area contributed by atoms with Gasteiger partial charge in [0.05, 0.1) is 0 Å². The fourth-order valence-corrected chi connectivity index (χ4v) is 1.07. The molecule has 11 heavy (non-hydrogen) atoms. The smallest absolute Gasteiger partial charge is 0.354 e. The van der Waals surface area contributed by atoms with Crippen LogP contribution in [-0.4, -0.2) is 5.11 Å². The zero-order valence-corrected chi connectivity index (χ0v) is 7.73. The molecule has 60 valence electrons. The first-order chi connectivity index (χ1) is 5.04. The van der Waals surface area contributed by atoms with Crippen LogP contribution >= 0.6 is 15.9 Å². The van der Waals surface area contributed by atoms with Crippen molar-refractivity contribution in [3.8, 4) is 5.75 Å². The summed E-state index contributed by atoms with van der Waals surface area (Å²) in [6.45, 7) is 3.31. The van der Waals surface area contributed by atoms with Gasteiger partial charge in [-0.15, -0.1) is 0 Å². The van der Waals surface area contributed by atoms with E-state index in [1.54, 1.807) is 13.8 Å². The first kappa shape index (κ1) is 8.33. The van der Waals surface area contributed by atoms with Crippen molar-refractivity contribution < 1.29 is 9.52 Å². The van der Waals surface area contributed by atoms with E-state index >= 15 is 0 Å². The minimum absolute atomic E-state index is 0.0428. The summed E-state index contributed by atoms with van der Waals surface area (Å²) in [7, 11) is 0. The van der Waals surface area contributed by atoms with Crippen LogP contribution in [0.1, 0.15) is 11.3 Å². The predicted molar refractivity (Wildman–Crippen MR) is 43.8 cm³/mol. The first-order valence-electron chi connectivity index (χ1n) is 3.02. The zero-order valence-electron chi connectivity index (χ0n) is 6.14. The molecule has 0 radical (unpaired) electrons. The standard InChI is InChI=1S/C7H7BrO3/c1-3-4(2)11-7(10)5(8)6(3)9/h9H,1-2H3. The van der Waals surface area contributed by atoms with Crippen molar-refractivity contribution in [3.05, 3.63) is 26.2 Å². The molecule has 1 aromatic rings. The minimum Gasteiger partial charge on any atom is -0.506 e. The summed E-state index contributed by atoms with van der Waals surface area (Å²) in [6, 6.07) is 0. The topological polar surface area (TPSA) is 50.4 Å². The van der Waals surface area contributed by atoms with Gasteiger partial charge < -0.3 is 9.52 Å². The summed E-state index contributed by atoms with van der Waals surface area (Å²) in [5, 5.41) is 9.26. The second kappa shape index (κ2) is 2.70. The van der Waals surface area contributed by atoms with Crippen molar-refractivity contribution in [2.24, 2.45) is 0 Å². The van der Waals surface area contributed by atoms with E-state index in [0.717, 1.165) is 0 Å². The van der Waals surface area contributed by atoms with Crippen LogP contribution < -0.4 is 5.63 Å². The van der Waals surface area contributed by atoms with Crippen LogP contribution in [0.3, 0.4) is 0 Å². The molecule has 0 amide bonds. The molecule has 3 nitrogen and oxygen atoms in total. The van der Waals surface area contributed by atoms with E-state index in [1.807, 2.05) is 0 Å². The highest BCUT2D eigenvalue weighted by atomic mass is 79.9. The maximum Gasteiger partial charge on any atom is 0.354 e. The number of halogens is 1. The third kappa shape index (κ3) is 1.30. The quantitative estimate of drug-likeness (QED) is 0.722. The van der Waals surface area contributed by atoms with Crippen LogP contribution in [-0.2, 0) is 0 Å². The fraction of sp³-hybridized carbons (Fsp3) is 0.286. The number of rotatable bonds is 0. The molecule has 0 bridgehead atoms. The molecular formula is C7H7BrO3. The van der Waals surface area contributed by atoms with E-state index in [9.17, 15) is 9.90 Å². The van der Waals surface area contributed by atoms with E-state index in [-0.39, 0.29) is 10.2 Å². The van der Waals surface area contributed by atoms with Gasteiger partial charge in [0.1, 0.15) is 16.0 Å². The second-order valence-electron chi connectivity index (χ2n) is 2.23. The van der Waals surface area contributed by atoms with E-state index in [1.165, 1.54) is 0 Å². The highest BCUT2D eigenvalue weighted by molar-refractivity contribution is 9.10. The average Bonchev–Trinajstić information content (AvgIpc) is 1.97. The van der Waals surface area contributed by atoms with Gasteiger partial charge in [0.15, 0.2) is 0 Å². The Morgan fingerprint density at radius 1 is 1.45 bits per heavy atom. The van der Waals surface area contributed by atoms with E-state index < -0.39 is 5.63 Å². The lowest BCUT2D eigenvalue weighted by molar-refractivity contribution is 0.421. The molecule has 4 heteroatoms. The lowest BCUT2D eigenvalue weighted by Crippen LogP contribution is -2.02. The predicted octanol–water partition coefficient (Wildman–Crippen LogP) is 1.72. The largest absolute Gasteiger partial charge is 0.506 e. The molecule has 1 N–H and O–H groups in total. The van der Waals surface area contributed by atoms with Crippen LogP contribution in [0.4, 0.5) is 0 Å². The monoisotopic (exact) mass is 218 g/mol. The van der Waals surface area contributed by atoms with Gasteiger partial charge >= 0.3 is 5.63 Å². The van der Waals surface area contributed by atoms with E-state index in [4.69, 9.17) is 4.42 Å². The Balaban J connectivity index is 3.59. The maximum absolute atomic E-state index is 10.8. The third-order valence-electron chi connectivity index (χ3n) is 1.52. The summed E-state index contributed by atoms with van der Waals surface area (Å²) in [6.07, 6.45) is 0. The molecule has 1 rings (SSSR count). The van der Waals surface area contributed by atoms with Crippen molar-refractivity contribution in [2.45, 2.75) is 13.8 Å². The highest BCUT2D eigenvalue weighted by Crippen LogP contribution is 2.25. The first-order valence-corrected chi connectivity index (χ1v) is 3.82. The Hall–Kier alpha value is -0.770. The fourth-order valence-electron chi connectivity index (χ4n) is 0.688. The second-order valence-corrected chi connectivity index (χ2v) is 3.03. The molecule has 0 saturated carbocycles. The van der Waals surface area contributed by atoms with Gasteiger partial charge in [-0.2, -0.15) is 0 Å². The van der Waals surface area contributed by atoms with Crippen LogP contribution in [0, 0.1) is 13.8 Å². The molecule has 0 saturated heterocycles.